The minimum Gasteiger partial charge on any atom is -0.493 e. The predicted molar refractivity (Wildman–Crippen MR) is 130 cm³/mol. The summed E-state index contributed by atoms with van der Waals surface area (Å²) in [4.78, 5) is 36.1. The highest BCUT2D eigenvalue weighted by molar-refractivity contribution is 5.95. The van der Waals surface area contributed by atoms with E-state index in [2.05, 4.69) is 15.8 Å². The molecule has 0 bridgehead atoms. The van der Waals surface area contributed by atoms with Crippen LogP contribution in [0, 0.1) is 10.1 Å². The van der Waals surface area contributed by atoms with Gasteiger partial charge in [-0.15, -0.1) is 0 Å². The second kappa shape index (κ2) is 11.9. The maximum Gasteiger partial charge on any atom is 0.282 e. The zero-order valence-electron chi connectivity index (χ0n) is 19.1. The summed E-state index contributed by atoms with van der Waals surface area (Å²) in [6.45, 7) is 0. The number of amides is 2. The van der Waals surface area contributed by atoms with Gasteiger partial charge in [-0.05, 0) is 23.8 Å². The standard InChI is InChI=1S/C25H24N4O6/c1-34-22-13-19(21(29(32)33)15-23(22)35-2)16-26-28-24(30)14-20(17-9-5-3-6-10-17)27-25(31)18-11-7-4-8-12-18/h3-13,15-16,20H,14H2,1-2H3,(H,27,31)(H,28,30)/b26-16-/t20-/m0/s1. The molecule has 0 saturated carbocycles. The lowest BCUT2D eigenvalue weighted by Gasteiger charge is -2.18. The maximum absolute atomic E-state index is 12.7. The minimum atomic E-state index is -0.616. The summed E-state index contributed by atoms with van der Waals surface area (Å²) in [5, 5.41) is 18.2. The molecule has 2 amide bonds. The number of methoxy groups -OCH3 is 2. The Balaban J connectivity index is 1.74. The van der Waals surface area contributed by atoms with E-state index in [0.29, 0.717) is 5.56 Å². The van der Waals surface area contributed by atoms with E-state index in [1.807, 2.05) is 18.2 Å². The van der Waals surface area contributed by atoms with Crippen LogP contribution < -0.4 is 20.2 Å². The van der Waals surface area contributed by atoms with E-state index in [0.717, 1.165) is 11.8 Å². The minimum absolute atomic E-state index is 0.103. The molecule has 2 N–H and O–H groups in total. The van der Waals surface area contributed by atoms with Gasteiger partial charge in [0.1, 0.15) is 0 Å². The van der Waals surface area contributed by atoms with Crippen LogP contribution in [0.3, 0.4) is 0 Å². The fourth-order valence-corrected chi connectivity index (χ4v) is 3.32. The van der Waals surface area contributed by atoms with Crippen molar-refractivity contribution in [2.45, 2.75) is 12.5 Å². The second-order valence-electron chi connectivity index (χ2n) is 7.32. The Labute approximate surface area is 201 Å². The number of nitrogens with zero attached hydrogens (tertiary/aromatic N) is 2. The molecular weight excluding hydrogens is 452 g/mol. The average Bonchev–Trinajstić information content (AvgIpc) is 2.88. The van der Waals surface area contributed by atoms with Crippen LogP contribution in [-0.2, 0) is 4.79 Å². The molecule has 3 rings (SSSR count). The lowest BCUT2D eigenvalue weighted by molar-refractivity contribution is -0.385. The molecule has 3 aromatic carbocycles. The van der Waals surface area contributed by atoms with Crippen molar-refractivity contribution in [2.75, 3.05) is 14.2 Å². The molecule has 0 saturated heterocycles. The molecule has 3 aromatic rings. The summed E-state index contributed by atoms with van der Waals surface area (Å²) in [7, 11) is 2.77. The van der Waals surface area contributed by atoms with Crippen molar-refractivity contribution in [3.8, 4) is 11.5 Å². The first-order valence-corrected chi connectivity index (χ1v) is 10.6. The molecule has 180 valence electrons. The smallest absolute Gasteiger partial charge is 0.282 e. The van der Waals surface area contributed by atoms with Gasteiger partial charge >= 0.3 is 0 Å². The van der Waals surface area contributed by atoms with Gasteiger partial charge in [0.25, 0.3) is 11.6 Å². The van der Waals surface area contributed by atoms with Crippen molar-refractivity contribution in [3.63, 3.8) is 0 Å². The number of carbonyl (C=O) groups is 2. The topological polar surface area (TPSA) is 132 Å². The highest BCUT2D eigenvalue weighted by Gasteiger charge is 2.20. The third kappa shape index (κ3) is 6.64. The third-order valence-electron chi connectivity index (χ3n) is 5.06. The third-order valence-corrected chi connectivity index (χ3v) is 5.06. The number of ether oxygens (including phenoxy) is 2. The van der Waals surface area contributed by atoms with Crippen LogP contribution in [0.5, 0.6) is 11.5 Å². The highest BCUT2D eigenvalue weighted by Crippen LogP contribution is 2.33. The highest BCUT2D eigenvalue weighted by atomic mass is 16.6. The predicted octanol–water partition coefficient (Wildman–Crippen LogP) is 3.62. The van der Waals surface area contributed by atoms with Crippen LogP contribution >= 0.6 is 0 Å². The number of benzene rings is 3. The Bertz CT molecular complexity index is 1220. The average molecular weight is 476 g/mol. The molecule has 0 spiro atoms. The largest absolute Gasteiger partial charge is 0.493 e. The van der Waals surface area contributed by atoms with Crippen molar-refractivity contribution in [2.24, 2.45) is 5.10 Å². The number of hydrogen-bond donors (Lipinski definition) is 2. The number of carbonyl (C=O) groups excluding carboxylic acids is 2. The number of rotatable bonds is 10. The van der Waals surface area contributed by atoms with Crippen LogP contribution in [0.15, 0.2) is 77.9 Å². The Kier molecular flexibility index (Phi) is 8.49. The van der Waals surface area contributed by atoms with Crippen LogP contribution in [0.2, 0.25) is 0 Å². The first kappa shape index (κ1) is 24.9. The molecule has 0 aliphatic rings. The van der Waals surface area contributed by atoms with E-state index >= 15 is 0 Å². The van der Waals surface area contributed by atoms with Gasteiger partial charge < -0.3 is 14.8 Å². The van der Waals surface area contributed by atoms with Crippen molar-refractivity contribution in [1.82, 2.24) is 10.7 Å². The number of hydrazone groups is 1. The summed E-state index contributed by atoms with van der Waals surface area (Å²) in [6.07, 6.45) is 1.05. The maximum atomic E-state index is 12.7. The molecule has 0 aromatic heterocycles. The molecule has 0 unspecified atom stereocenters. The summed E-state index contributed by atoms with van der Waals surface area (Å²) in [5.41, 5.74) is 3.42. The van der Waals surface area contributed by atoms with E-state index in [1.165, 1.54) is 26.4 Å². The van der Waals surface area contributed by atoms with Gasteiger partial charge in [0.2, 0.25) is 5.91 Å². The molecule has 10 nitrogen and oxygen atoms in total. The van der Waals surface area contributed by atoms with Gasteiger partial charge in [-0.1, -0.05) is 48.5 Å². The van der Waals surface area contributed by atoms with Gasteiger partial charge in [-0.2, -0.15) is 5.10 Å². The van der Waals surface area contributed by atoms with E-state index < -0.39 is 16.9 Å². The zero-order valence-corrected chi connectivity index (χ0v) is 19.1. The van der Waals surface area contributed by atoms with Gasteiger partial charge in [0.05, 0.1) is 49.4 Å². The molecule has 35 heavy (non-hydrogen) atoms. The number of nitrogens with one attached hydrogen (secondary N) is 2. The Hall–Kier alpha value is -4.73. The van der Waals surface area contributed by atoms with Crippen LogP contribution in [0.1, 0.15) is 33.9 Å². The first-order chi connectivity index (χ1) is 16.9. The van der Waals surface area contributed by atoms with Crippen molar-refractivity contribution in [3.05, 3.63) is 99.6 Å². The van der Waals surface area contributed by atoms with E-state index in [-0.39, 0.29) is 35.1 Å². The molecule has 0 aliphatic heterocycles. The first-order valence-electron chi connectivity index (χ1n) is 10.6. The van der Waals surface area contributed by atoms with Crippen molar-refractivity contribution < 1.29 is 24.0 Å². The van der Waals surface area contributed by atoms with Crippen LogP contribution in [-0.4, -0.2) is 37.2 Å². The summed E-state index contributed by atoms with van der Waals surface area (Å²) < 4.78 is 10.3. The fraction of sp³-hybridized carbons (Fsp3) is 0.160. The Morgan fingerprint density at radius 3 is 2.20 bits per heavy atom. The second-order valence-corrected chi connectivity index (χ2v) is 7.32. The normalized spacial score (nSPS) is 11.5. The lowest BCUT2D eigenvalue weighted by Crippen LogP contribution is -2.32. The quantitative estimate of drug-likeness (QED) is 0.261. The van der Waals surface area contributed by atoms with Crippen LogP contribution in [0.25, 0.3) is 0 Å². The summed E-state index contributed by atoms with van der Waals surface area (Å²) >= 11 is 0. The van der Waals surface area contributed by atoms with Gasteiger partial charge in [-0.3, -0.25) is 19.7 Å². The molecule has 1 atom stereocenters. The molecule has 0 fully saturated rings. The van der Waals surface area contributed by atoms with Gasteiger partial charge in [0, 0.05) is 5.56 Å². The number of hydrogen-bond acceptors (Lipinski definition) is 7. The summed E-state index contributed by atoms with van der Waals surface area (Å²) in [5.74, 6) is -0.345. The van der Waals surface area contributed by atoms with Crippen molar-refractivity contribution in [1.29, 1.82) is 0 Å². The van der Waals surface area contributed by atoms with Gasteiger partial charge in [0.15, 0.2) is 11.5 Å². The lowest BCUT2D eigenvalue weighted by atomic mass is 10.0. The van der Waals surface area contributed by atoms with E-state index in [9.17, 15) is 19.7 Å². The summed E-state index contributed by atoms with van der Waals surface area (Å²) in [6, 6.07) is 19.7. The van der Waals surface area contributed by atoms with Crippen LogP contribution in [0.4, 0.5) is 5.69 Å². The van der Waals surface area contributed by atoms with E-state index in [1.54, 1.807) is 42.5 Å². The molecule has 0 aliphatic carbocycles. The molecule has 0 radical (unpaired) electrons. The monoisotopic (exact) mass is 476 g/mol. The molecular formula is C25H24N4O6. The Morgan fingerprint density at radius 1 is 1.00 bits per heavy atom. The SMILES string of the molecule is COc1cc(/C=N\NC(=O)C[C@H](NC(=O)c2ccccc2)c2ccccc2)c([N+](=O)[O-])cc1OC. The number of nitro benzene ring substituents is 1. The Morgan fingerprint density at radius 2 is 1.60 bits per heavy atom. The van der Waals surface area contributed by atoms with Gasteiger partial charge in [-0.25, -0.2) is 5.43 Å². The zero-order chi connectivity index (χ0) is 25.2. The number of nitro groups is 1. The molecule has 0 heterocycles. The van der Waals surface area contributed by atoms with E-state index in [4.69, 9.17) is 9.47 Å². The van der Waals surface area contributed by atoms with Crippen molar-refractivity contribution >= 4 is 23.7 Å². The molecule has 10 heteroatoms. The fourth-order valence-electron chi connectivity index (χ4n) is 3.32.